The Morgan fingerprint density at radius 2 is 1.41 bits per heavy atom. The van der Waals surface area contributed by atoms with Gasteiger partial charge >= 0.3 is 0 Å². The molecule has 0 heterocycles. The van der Waals surface area contributed by atoms with Crippen molar-refractivity contribution in [2.45, 2.75) is 19.8 Å². The van der Waals surface area contributed by atoms with Crippen LogP contribution in [-0.4, -0.2) is 38.2 Å². The summed E-state index contributed by atoms with van der Waals surface area (Å²) in [7, 11) is 1.76. The molecule has 0 bridgehead atoms. The highest BCUT2D eigenvalue weighted by Crippen LogP contribution is 2.36. The van der Waals surface area contributed by atoms with Gasteiger partial charge in [0.15, 0.2) is 11.6 Å². The lowest BCUT2D eigenvalue weighted by Crippen LogP contribution is -2.24. The topological polar surface area (TPSA) is 70.2 Å². The number of rotatable bonds is 8. The number of anilines is 2. The van der Waals surface area contributed by atoms with Crippen molar-refractivity contribution in [3.05, 3.63) is 58.7 Å². The van der Waals surface area contributed by atoms with Gasteiger partial charge in [-0.2, -0.15) is 0 Å². The molecule has 3 rings (SSSR count). The molecule has 0 saturated heterocycles. The second kappa shape index (κ2) is 9.67. The van der Waals surface area contributed by atoms with Crippen molar-refractivity contribution >= 4 is 39.9 Å². The smallest absolute Gasteiger partial charge is 0.196 e. The predicted octanol–water partition coefficient (Wildman–Crippen LogP) is 3.88. The van der Waals surface area contributed by atoms with Crippen molar-refractivity contribution in [3.63, 3.8) is 0 Å². The van der Waals surface area contributed by atoms with Gasteiger partial charge in [0.1, 0.15) is 0 Å². The van der Waals surface area contributed by atoms with Crippen molar-refractivity contribution < 1.29 is 9.59 Å². The average molecular weight is 432 g/mol. The summed E-state index contributed by atoms with van der Waals surface area (Å²) in [5.74, 6) is -0.202. The lowest BCUT2D eigenvalue weighted by Gasteiger charge is -2.23. The van der Waals surface area contributed by atoms with Crippen LogP contribution in [0.15, 0.2) is 36.4 Å². The second-order valence-electron chi connectivity index (χ2n) is 6.39. The van der Waals surface area contributed by atoms with E-state index in [4.69, 9.17) is 0 Å². The Hall–Kier alpha value is -2.18. The molecule has 144 valence electrons. The van der Waals surface area contributed by atoms with Crippen LogP contribution in [0.25, 0.3) is 0 Å². The maximum atomic E-state index is 13.1. The standard InChI is InChI=1S/C21H25N3O2.BrH/c1-3-11-23-12-6-13-24-17-10-9-16(22-2)18-19(17)21(26)15-8-5-4-7-14(15)20(18)25;/h4-5,7-10,22-24H,3,6,11-13H2,1-2H3;1H. The average Bonchev–Trinajstić information content (AvgIpc) is 2.68. The van der Waals surface area contributed by atoms with Gasteiger partial charge in [-0.15, -0.1) is 17.0 Å². The number of carbonyl (C=O) groups excluding carboxylic acids is 2. The SMILES string of the molecule is Br.CCCNCCCNc1ccc(NC)c2c1C(=O)c1ccccc1C2=O. The lowest BCUT2D eigenvalue weighted by atomic mass is 9.82. The van der Waals surface area contributed by atoms with Crippen LogP contribution < -0.4 is 16.0 Å². The van der Waals surface area contributed by atoms with Gasteiger partial charge in [-0.05, 0) is 38.1 Å². The van der Waals surface area contributed by atoms with Crippen LogP contribution in [0.1, 0.15) is 51.6 Å². The second-order valence-corrected chi connectivity index (χ2v) is 6.39. The Balaban J connectivity index is 0.00000261. The number of halogens is 1. The summed E-state index contributed by atoms with van der Waals surface area (Å²) in [6.07, 6.45) is 2.06. The summed E-state index contributed by atoms with van der Waals surface area (Å²) >= 11 is 0. The van der Waals surface area contributed by atoms with Crippen LogP contribution in [0.4, 0.5) is 11.4 Å². The van der Waals surface area contributed by atoms with Crippen LogP contribution in [-0.2, 0) is 0 Å². The molecule has 0 radical (unpaired) electrons. The first-order valence-corrected chi connectivity index (χ1v) is 9.16. The number of nitrogens with one attached hydrogen (secondary N) is 3. The molecule has 2 aromatic carbocycles. The number of hydrogen-bond donors (Lipinski definition) is 3. The fraction of sp³-hybridized carbons (Fsp3) is 0.333. The minimum absolute atomic E-state index is 0. The molecule has 3 N–H and O–H groups in total. The number of benzene rings is 2. The fourth-order valence-corrected chi connectivity index (χ4v) is 3.32. The quantitative estimate of drug-likeness (QED) is 0.472. The first-order valence-electron chi connectivity index (χ1n) is 9.16. The molecule has 27 heavy (non-hydrogen) atoms. The van der Waals surface area contributed by atoms with Crippen molar-refractivity contribution in [2.75, 3.05) is 37.3 Å². The molecule has 5 nitrogen and oxygen atoms in total. The Labute approximate surface area is 170 Å². The van der Waals surface area contributed by atoms with E-state index in [9.17, 15) is 9.59 Å². The maximum Gasteiger partial charge on any atom is 0.196 e. The highest BCUT2D eigenvalue weighted by Gasteiger charge is 2.33. The van der Waals surface area contributed by atoms with Gasteiger partial charge in [0.05, 0.1) is 11.1 Å². The van der Waals surface area contributed by atoms with Gasteiger partial charge in [-0.1, -0.05) is 31.2 Å². The highest BCUT2D eigenvalue weighted by atomic mass is 79.9. The van der Waals surface area contributed by atoms with E-state index in [1.54, 1.807) is 31.3 Å². The molecule has 1 aliphatic rings. The van der Waals surface area contributed by atoms with Gasteiger partial charge in [0.25, 0.3) is 0 Å². The van der Waals surface area contributed by atoms with Crippen LogP contribution in [0.5, 0.6) is 0 Å². The molecular weight excluding hydrogens is 406 g/mol. The third-order valence-electron chi connectivity index (χ3n) is 4.62. The zero-order valence-corrected chi connectivity index (χ0v) is 17.4. The van der Waals surface area contributed by atoms with Gasteiger partial charge < -0.3 is 16.0 Å². The maximum absolute atomic E-state index is 13.1. The van der Waals surface area contributed by atoms with Gasteiger partial charge in [-0.3, -0.25) is 9.59 Å². The molecule has 1 aliphatic carbocycles. The molecule has 0 unspecified atom stereocenters. The molecule has 0 saturated carbocycles. The minimum Gasteiger partial charge on any atom is -0.388 e. The summed E-state index contributed by atoms with van der Waals surface area (Å²) in [5, 5.41) is 9.75. The van der Waals surface area contributed by atoms with E-state index in [1.165, 1.54) is 0 Å². The molecular formula is C21H26BrN3O2. The Bertz CT molecular complexity index is 836. The van der Waals surface area contributed by atoms with E-state index >= 15 is 0 Å². The lowest BCUT2D eigenvalue weighted by molar-refractivity contribution is 0.0980. The molecule has 0 aliphatic heterocycles. The van der Waals surface area contributed by atoms with Crippen LogP contribution in [0, 0.1) is 0 Å². The van der Waals surface area contributed by atoms with Crippen LogP contribution >= 0.6 is 17.0 Å². The summed E-state index contributed by atoms with van der Waals surface area (Å²) in [4.78, 5) is 26.1. The Morgan fingerprint density at radius 3 is 2.00 bits per heavy atom. The molecule has 0 amide bonds. The van der Waals surface area contributed by atoms with E-state index in [-0.39, 0.29) is 28.5 Å². The third kappa shape index (κ3) is 4.22. The molecule has 2 aromatic rings. The van der Waals surface area contributed by atoms with Crippen molar-refractivity contribution in [1.82, 2.24) is 5.32 Å². The molecule has 0 atom stereocenters. The summed E-state index contributed by atoms with van der Waals surface area (Å²) in [6.45, 7) is 4.82. The highest BCUT2D eigenvalue weighted by molar-refractivity contribution is 8.93. The first kappa shape index (κ1) is 21.1. The number of ketones is 2. The summed E-state index contributed by atoms with van der Waals surface area (Å²) < 4.78 is 0. The predicted molar refractivity (Wildman–Crippen MR) is 116 cm³/mol. The van der Waals surface area contributed by atoms with Crippen LogP contribution in [0.3, 0.4) is 0 Å². The van der Waals surface area contributed by atoms with E-state index in [0.29, 0.717) is 27.9 Å². The summed E-state index contributed by atoms with van der Waals surface area (Å²) in [6, 6.07) is 10.8. The van der Waals surface area contributed by atoms with Crippen molar-refractivity contribution in [1.29, 1.82) is 0 Å². The van der Waals surface area contributed by atoms with Gasteiger partial charge in [-0.25, -0.2) is 0 Å². The monoisotopic (exact) mass is 431 g/mol. The van der Waals surface area contributed by atoms with Gasteiger partial charge in [0, 0.05) is 36.1 Å². The van der Waals surface area contributed by atoms with E-state index in [2.05, 4.69) is 22.9 Å². The van der Waals surface area contributed by atoms with Gasteiger partial charge in [0.2, 0.25) is 0 Å². The zero-order valence-electron chi connectivity index (χ0n) is 15.7. The van der Waals surface area contributed by atoms with Crippen LogP contribution in [0.2, 0.25) is 0 Å². The molecule has 0 fully saturated rings. The molecule has 6 heteroatoms. The van der Waals surface area contributed by atoms with Crippen molar-refractivity contribution in [3.8, 4) is 0 Å². The number of carbonyl (C=O) groups is 2. The normalized spacial score (nSPS) is 12.1. The number of fused-ring (bicyclic) bond motifs is 2. The van der Waals surface area contributed by atoms with Crippen molar-refractivity contribution in [2.24, 2.45) is 0 Å². The van der Waals surface area contributed by atoms with E-state index < -0.39 is 0 Å². The number of hydrogen-bond acceptors (Lipinski definition) is 5. The van der Waals surface area contributed by atoms with E-state index in [0.717, 1.165) is 38.2 Å². The first-order chi connectivity index (χ1) is 12.7. The largest absolute Gasteiger partial charge is 0.388 e. The third-order valence-corrected chi connectivity index (χ3v) is 4.62. The fourth-order valence-electron chi connectivity index (χ4n) is 3.32. The molecule has 0 spiro atoms. The van der Waals surface area contributed by atoms with E-state index in [1.807, 2.05) is 12.1 Å². The minimum atomic E-state index is -0.104. The Morgan fingerprint density at radius 1 is 0.815 bits per heavy atom. The zero-order chi connectivity index (χ0) is 18.5. The summed E-state index contributed by atoms with van der Waals surface area (Å²) in [5.41, 5.74) is 3.30. The molecule has 0 aromatic heterocycles. The Kier molecular flexibility index (Phi) is 7.56.